The number of allylic oxidation sites excluding steroid dienone is 1. The van der Waals surface area contributed by atoms with Gasteiger partial charge < -0.3 is 10.8 Å². The van der Waals surface area contributed by atoms with Crippen molar-refractivity contribution in [2.75, 3.05) is 6.54 Å². The second-order valence-electron chi connectivity index (χ2n) is 5.31. The van der Waals surface area contributed by atoms with Crippen molar-refractivity contribution in [3.8, 4) is 0 Å². The Balaban J connectivity index is 2.61. The van der Waals surface area contributed by atoms with E-state index in [9.17, 15) is 14.7 Å². The maximum absolute atomic E-state index is 11.3. The average Bonchev–Trinajstić information content (AvgIpc) is 2.43. The zero-order valence-corrected chi connectivity index (χ0v) is 12.4. The third-order valence-corrected chi connectivity index (χ3v) is 3.60. The number of carbonyl (C=O) groups excluding carboxylic acids is 1. The molecule has 0 radical (unpaired) electrons. The number of carboxylic acid groups (broad SMARTS) is 1. The normalized spacial score (nSPS) is 21.9. The number of unbranched alkanes of at least 4 members (excludes halogenated alkanes) is 1. The predicted molar refractivity (Wildman–Crippen MR) is 79.3 cm³/mol. The van der Waals surface area contributed by atoms with Crippen LogP contribution in [0.2, 0.25) is 0 Å². The summed E-state index contributed by atoms with van der Waals surface area (Å²) >= 11 is 0. The van der Waals surface area contributed by atoms with E-state index in [4.69, 9.17) is 10.6 Å². The molecule has 0 fully saturated rings. The summed E-state index contributed by atoms with van der Waals surface area (Å²) in [6, 6.07) is -0.951. The highest BCUT2D eigenvalue weighted by Crippen LogP contribution is 2.17. The van der Waals surface area contributed by atoms with Crippen molar-refractivity contribution < 1.29 is 19.5 Å². The Hall–Kier alpha value is -1.40. The number of carbonyl (C=O) groups is 2. The standard InChI is InChI=1S/C15H26N2O4/c16-11-7-6-10-14(15(19)20)17(12-18)21-13-8-4-2-1-3-5-9-13/h4,8,12-14H,1-3,5-7,9-11,16H2,(H,19,20)/b8-4+/t13?,14-/m0/s1. The fourth-order valence-electron chi connectivity index (χ4n) is 2.39. The van der Waals surface area contributed by atoms with Gasteiger partial charge in [0.1, 0.15) is 6.10 Å². The van der Waals surface area contributed by atoms with Gasteiger partial charge in [0.2, 0.25) is 6.41 Å². The molecule has 1 amide bonds. The smallest absolute Gasteiger partial charge is 0.329 e. The van der Waals surface area contributed by atoms with Gasteiger partial charge in [0.15, 0.2) is 6.04 Å². The fourth-order valence-corrected chi connectivity index (χ4v) is 2.39. The van der Waals surface area contributed by atoms with E-state index in [1.807, 2.05) is 12.2 Å². The van der Waals surface area contributed by atoms with Crippen molar-refractivity contribution in [2.45, 2.75) is 63.5 Å². The molecule has 3 N–H and O–H groups in total. The Bertz CT molecular complexity index is 347. The molecule has 1 rings (SSSR count). The minimum atomic E-state index is -1.05. The minimum absolute atomic E-state index is 0.230. The van der Waals surface area contributed by atoms with Crippen LogP contribution in [0.15, 0.2) is 12.2 Å². The van der Waals surface area contributed by atoms with Crippen LogP contribution in [0.5, 0.6) is 0 Å². The van der Waals surface area contributed by atoms with E-state index in [-0.39, 0.29) is 6.10 Å². The summed E-state index contributed by atoms with van der Waals surface area (Å²) < 4.78 is 0. The van der Waals surface area contributed by atoms with Crippen LogP contribution >= 0.6 is 0 Å². The lowest BCUT2D eigenvalue weighted by Crippen LogP contribution is -2.42. The third kappa shape index (κ3) is 6.73. The predicted octanol–water partition coefficient (Wildman–Crippen LogP) is 1.85. The van der Waals surface area contributed by atoms with Gasteiger partial charge in [-0.2, -0.15) is 0 Å². The molecule has 21 heavy (non-hydrogen) atoms. The molecule has 0 saturated heterocycles. The Morgan fingerprint density at radius 1 is 1.43 bits per heavy atom. The van der Waals surface area contributed by atoms with Crippen LogP contribution in [0.1, 0.15) is 51.4 Å². The largest absolute Gasteiger partial charge is 0.480 e. The van der Waals surface area contributed by atoms with Crippen molar-refractivity contribution in [3.05, 3.63) is 12.2 Å². The summed E-state index contributed by atoms with van der Waals surface area (Å²) in [7, 11) is 0. The number of carboxylic acids is 1. The molecule has 0 aromatic heterocycles. The van der Waals surface area contributed by atoms with E-state index >= 15 is 0 Å². The summed E-state index contributed by atoms with van der Waals surface area (Å²) in [4.78, 5) is 28.1. The monoisotopic (exact) mass is 298 g/mol. The summed E-state index contributed by atoms with van der Waals surface area (Å²) in [5.74, 6) is -1.05. The number of hydrogen-bond acceptors (Lipinski definition) is 4. The van der Waals surface area contributed by atoms with E-state index in [2.05, 4.69) is 0 Å². The second-order valence-corrected chi connectivity index (χ2v) is 5.31. The van der Waals surface area contributed by atoms with Crippen LogP contribution in [-0.2, 0) is 14.4 Å². The van der Waals surface area contributed by atoms with Crippen molar-refractivity contribution in [2.24, 2.45) is 5.73 Å². The number of hydroxylamine groups is 2. The van der Waals surface area contributed by atoms with E-state index in [0.29, 0.717) is 25.8 Å². The van der Waals surface area contributed by atoms with Gasteiger partial charge >= 0.3 is 5.97 Å². The minimum Gasteiger partial charge on any atom is -0.480 e. The summed E-state index contributed by atoms with van der Waals surface area (Å²) in [6.07, 6.45) is 11.1. The number of aliphatic carboxylic acids is 1. The number of amides is 1. The summed E-state index contributed by atoms with van der Waals surface area (Å²) in [5.41, 5.74) is 5.41. The number of hydrogen-bond donors (Lipinski definition) is 2. The van der Waals surface area contributed by atoms with Crippen molar-refractivity contribution in [1.29, 1.82) is 0 Å². The lowest BCUT2D eigenvalue weighted by Gasteiger charge is -2.28. The van der Waals surface area contributed by atoms with E-state index in [1.54, 1.807) is 0 Å². The maximum Gasteiger partial charge on any atom is 0.329 e. The molecule has 6 heteroatoms. The lowest BCUT2D eigenvalue weighted by atomic mass is 10.0. The topological polar surface area (TPSA) is 92.9 Å². The molecule has 0 aromatic carbocycles. The second kappa shape index (κ2) is 10.3. The molecule has 0 aliphatic heterocycles. The first-order chi connectivity index (χ1) is 10.2. The molecule has 0 saturated carbocycles. The van der Waals surface area contributed by atoms with Gasteiger partial charge in [-0.15, -0.1) is 0 Å². The van der Waals surface area contributed by atoms with Crippen LogP contribution in [0.4, 0.5) is 0 Å². The molecule has 120 valence electrons. The summed E-state index contributed by atoms with van der Waals surface area (Å²) in [5, 5.41) is 10.2. The number of nitrogens with two attached hydrogens (primary N) is 1. The van der Waals surface area contributed by atoms with Crippen LogP contribution in [0.25, 0.3) is 0 Å². The van der Waals surface area contributed by atoms with Crippen LogP contribution in [0, 0.1) is 0 Å². The summed E-state index contributed by atoms with van der Waals surface area (Å²) in [6.45, 7) is 0.514. The van der Waals surface area contributed by atoms with Gasteiger partial charge in [0.05, 0.1) is 0 Å². The molecule has 0 bridgehead atoms. The lowest BCUT2D eigenvalue weighted by molar-refractivity contribution is -0.209. The highest BCUT2D eigenvalue weighted by Gasteiger charge is 2.27. The molecule has 1 unspecified atom stereocenters. The van der Waals surface area contributed by atoms with Gasteiger partial charge in [-0.25, -0.2) is 9.86 Å². The first-order valence-electron chi connectivity index (χ1n) is 7.69. The molecule has 1 aliphatic carbocycles. The number of nitrogens with zero attached hydrogens (tertiary/aromatic N) is 1. The first-order valence-corrected chi connectivity index (χ1v) is 7.69. The van der Waals surface area contributed by atoms with E-state index < -0.39 is 12.0 Å². The highest BCUT2D eigenvalue weighted by atomic mass is 16.7. The Kier molecular flexibility index (Phi) is 8.69. The molecular formula is C15H26N2O4. The van der Waals surface area contributed by atoms with Crippen LogP contribution in [-0.4, -0.2) is 41.2 Å². The fraction of sp³-hybridized carbons (Fsp3) is 0.733. The van der Waals surface area contributed by atoms with Crippen LogP contribution < -0.4 is 5.73 Å². The average molecular weight is 298 g/mol. The van der Waals surface area contributed by atoms with Crippen molar-refractivity contribution in [3.63, 3.8) is 0 Å². The van der Waals surface area contributed by atoms with Crippen LogP contribution in [0.3, 0.4) is 0 Å². The molecule has 0 aromatic rings. The first kappa shape index (κ1) is 17.7. The quantitative estimate of drug-likeness (QED) is 0.293. The van der Waals surface area contributed by atoms with Crippen molar-refractivity contribution >= 4 is 12.4 Å². The molecule has 2 atom stereocenters. The Morgan fingerprint density at radius 3 is 2.90 bits per heavy atom. The van der Waals surface area contributed by atoms with Crippen molar-refractivity contribution in [1.82, 2.24) is 5.06 Å². The SMILES string of the molecule is NCCCC[C@@H](C(=O)O)N(C=O)OC1/C=C/CCCCC1. The molecule has 1 aliphatic rings. The van der Waals surface area contributed by atoms with Gasteiger partial charge in [-0.05, 0) is 45.1 Å². The Morgan fingerprint density at radius 2 is 2.24 bits per heavy atom. The number of rotatable bonds is 9. The van der Waals surface area contributed by atoms with Gasteiger partial charge in [-0.1, -0.05) is 25.0 Å². The molecular weight excluding hydrogens is 272 g/mol. The third-order valence-electron chi connectivity index (χ3n) is 3.60. The molecule has 0 spiro atoms. The van der Waals surface area contributed by atoms with Gasteiger partial charge in [0, 0.05) is 0 Å². The van der Waals surface area contributed by atoms with Gasteiger partial charge in [0.25, 0.3) is 0 Å². The zero-order chi connectivity index (χ0) is 15.5. The zero-order valence-electron chi connectivity index (χ0n) is 12.4. The van der Waals surface area contributed by atoms with Gasteiger partial charge in [-0.3, -0.25) is 9.63 Å². The molecule has 0 heterocycles. The molecule has 6 nitrogen and oxygen atoms in total. The maximum atomic E-state index is 11.3. The van der Waals surface area contributed by atoms with E-state index in [1.165, 1.54) is 0 Å². The highest BCUT2D eigenvalue weighted by molar-refractivity contribution is 5.75. The Labute approximate surface area is 125 Å². The van der Waals surface area contributed by atoms with E-state index in [0.717, 1.165) is 43.6 Å².